The van der Waals surface area contributed by atoms with Gasteiger partial charge in [0.05, 0.1) is 18.4 Å². The van der Waals surface area contributed by atoms with Gasteiger partial charge in [-0.1, -0.05) is 24.3 Å². The summed E-state index contributed by atoms with van der Waals surface area (Å²) in [5.74, 6) is 0.364. The lowest BCUT2D eigenvalue weighted by atomic mass is 10.1. The van der Waals surface area contributed by atoms with E-state index in [1.165, 1.54) is 0 Å². The number of hydrogen-bond donors (Lipinski definition) is 0. The van der Waals surface area contributed by atoms with Crippen LogP contribution < -0.4 is 9.64 Å². The van der Waals surface area contributed by atoms with Crippen LogP contribution >= 0.6 is 0 Å². The number of carbonyl (C=O) groups excluding carboxylic acids is 2. The van der Waals surface area contributed by atoms with Crippen molar-refractivity contribution in [1.29, 1.82) is 0 Å². The zero-order chi connectivity index (χ0) is 25.3. The third kappa shape index (κ3) is 6.46. The highest BCUT2D eigenvalue weighted by Crippen LogP contribution is 2.24. The molecule has 3 aromatic rings. The van der Waals surface area contributed by atoms with Gasteiger partial charge in [0.2, 0.25) is 11.8 Å². The second-order valence-corrected chi connectivity index (χ2v) is 8.92. The van der Waals surface area contributed by atoms with Crippen LogP contribution in [0.5, 0.6) is 5.88 Å². The van der Waals surface area contributed by atoms with Gasteiger partial charge in [-0.3, -0.25) is 19.5 Å². The predicted molar refractivity (Wildman–Crippen MR) is 139 cm³/mol. The van der Waals surface area contributed by atoms with Gasteiger partial charge in [-0.25, -0.2) is 4.98 Å². The van der Waals surface area contributed by atoms with E-state index in [0.29, 0.717) is 31.1 Å². The molecule has 1 aliphatic heterocycles. The molecule has 0 radical (unpaired) electrons. The summed E-state index contributed by atoms with van der Waals surface area (Å²) in [6.45, 7) is 5.58. The summed E-state index contributed by atoms with van der Waals surface area (Å²) >= 11 is 0. The Balaban J connectivity index is 1.62. The molecule has 0 saturated carbocycles. The van der Waals surface area contributed by atoms with Gasteiger partial charge in [0.15, 0.2) is 0 Å². The first-order valence-electron chi connectivity index (χ1n) is 12.3. The molecule has 8 heteroatoms. The molecule has 3 heterocycles. The Morgan fingerprint density at radius 2 is 1.69 bits per heavy atom. The van der Waals surface area contributed by atoms with Gasteiger partial charge in [0.25, 0.3) is 5.91 Å². The predicted octanol–water partition coefficient (Wildman–Crippen LogP) is 3.78. The Labute approximate surface area is 212 Å². The van der Waals surface area contributed by atoms with E-state index in [-0.39, 0.29) is 11.8 Å². The first-order valence-corrected chi connectivity index (χ1v) is 12.3. The fourth-order valence-electron chi connectivity index (χ4n) is 4.55. The molecule has 0 atom stereocenters. The third-order valence-electron chi connectivity index (χ3n) is 6.37. The van der Waals surface area contributed by atoms with E-state index in [0.717, 1.165) is 49.4 Å². The van der Waals surface area contributed by atoms with Crippen LogP contribution in [0.1, 0.15) is 41.4 Å². The Morgan fingerprint density at radius 1 is 0.917 bits per heavy atom. The number of aromatic nitrogens is 2. The van der Waals surface area contributed by atoms with Gasteiger partial charge >= 0.3 is 0 Å². The number of anilines is 1. The number of hydrogen-bond acceptors (Lipinski definition) is 6. The average molecular weight is 488 g/mol. The van der Waals surface area contributed by atoms with Crippen molar-refractivity contribution in [2.24, 2.45) is 0 Å². The molecule has 0 fully saturated rings. The summed E-state index contributed by atoms with van der Waals surface area (Å²) in [7, 11) is 1.55. The van der Waals surface area contributed by atoms with Gasteiger partial charge in [0, 0.05) is 70.3 Å². The molecule has 0 spiro atoms. The van der Waals surface area contributed by atoms with E-state index in [1.807, 2.05) is 58.5 Å². The lowest BCUT2D eigenvalue weighted by Crippen LogP contribution is -2.38. The monoisotopic (exact) mass is 487 g/mol. The molecule has 0 aliphatic carbocycles. The van der Waals surface area contributed by atoms with Crippen molar-refractivity contribution in [2.45, 2.75) is 32.9 Å². The lowest BCUT2D eigenvalue weighted by molar-refractivity contribution is -0.116. The summed E-state index contributed by atoms with van der Waals surface area (Å²) in [4.78, 5) is 40.9. The Kier molecular flexibility index (Phi) is 8.62. The molecule has 8 nitrogen and oxygen atoms in total. The molecule has 188 valence electrons. The van der Waals surface area contributed by atoms with Crippen LogP contribution in [0, 0.1) is 0 Å². The first-order chi connectivity index (χ1) is 17.5. The van der Waals surface area contributed by atoms with Crippen LogP contribution in [0.4, 0.5) is 5.69 Å². The molecular weight excluding hydrogens is 454 g/mol. The van der Waals surface area contributed by atoms with Gasteiger partial charge in [-0.2, -0.15) is 0 Å². The molecule has 0 N–H and O–H groups in total. The van der Waals surface area contributed by atoms with E-state index < -0.39 is 0 Å². The zero-order valence-electron chi connectivity index (χ0n) is 21.0. The van der Waals surface area contributed by atoms with Crippen LogP contribution in [0.25, 0.3) is 0 Å². The molecule has 0 bridgehead atoms. The second kappa shape index (κ2) is 12.3. The highest BCUT2D eigenvalue weighted by atomic mass is 16.5. The number of methoxy groups -OCH3 is 1. The fraction of sp³-hybridized carbons (Fsp3) is 0.357. The van der Waals surface area contributed by atoms with E-state index >= 15 is 0 Å². The van der Waals surface area contributed by atoms with E-state index in [4.69, 9.17) is 4.74 Å². The SMILES string of the molecule is COc1ccc(C(=O)N2CCCN(Cc3ccccn3)CCCN(C(C)=O)c3ccccc3C2)cn1. The summed E-state index contributed by atoms with van der Waals surface area (Å²) in [5, 5.41) is 0. The minimum absolute atomic E-state index is 0.00647. The molecule has 36 heavy (non-hydrogen) atoms. The number of pyridine rings is 2. The van der Waals surface area contributed by atoms with Crippen LogP contribution in [-0.2, 0) is 17.9 Å². The quantitative estimate of drug-likeness (QED) is 0.557. The summed E-state index contributed by atoms with van der Waals surface area (Å²) in [6.07, 6.45) is 5.03. The maximum Gasteiger partial charge on any atom is 0.255 e. The highest BCUT2D eigenvalue weighted by Gasteiger charge is 2.22. The molecular formula is C28H33N5O3. The number of benzene rings is 1. The van der Waals surface area contributed by atoms with Crippen molar-refractivity contribution >= 4 is 17.5 Å². The molecule has 1 aliphatic rings. The number of rotatable bonds is 4. The summed E-state index contributed by atoms with van der Waals surface area (Å²) in [5.41, 5.74) is 3.32. The van der Waals surface area contributed by atoms with Crippen LogP contribution in [0.15, 0.2) is 67.0 Å². The number of fused-ring (bicyclic) bond motifs is 1. The van der Waals surface area contributed by atoms with Gasteiger partial charge in [-0.15, -0.1) is 0 Å². The maximum atomic E-state index is 13.6. The average Bonchev–Trinajstić information content (AvgIpc) is 2.90. The summed E-state index contributed by atoms with van der Waals surface area (Å²) < 4.78 is 5.14. The van der Waals surface area contributed by atoms with E-state index in [1.54, 1.807) is 32.4 Å². The smallest absolute Gasteiger partial charge is 0.255 e. The normalized spacial score (nSPS) is 15.4. The maximum absolute atomic E-state index is 13.6. The van der Waals surface area contributed by atoms with E-state index in [2.05, 4.69) is 14.9 Å². The van der Waals surface area contributed by atoms with Gasteiger partial charge in [0.1, 0.15) is 0 Å². The van der Waals surface area contributed by atoms with Crippen molar-refractivity contribution in [3.05, 3.63) is 83.8 Å². The van der Waals surface area contributed by atoms with Crippen LogP contribution in [0.3, 0.4) is 0 Å². The molecule has 2 amide bonds. The largest absolute Gasteiger partial charge is 0.481 e. The highest BCUT2D eigenvalue weighted by molar-refractivity contribution is 5.95. The molecule has 4 rings (SSSR count). The first kappa shape index (κ1) is 25.3. The second-order valence-electron chi connectivity index (χ2n) is 8.92. The molecule has 0 saturated heterocycles. The number of para-hydroxylation sites is 1. The standard InChI is InChI=1S/C28H33N5O3/c1-22(34)33-18-8-16-31(21-25-10-5-6-14-29-25)15-7-17-32(20-24-9-3-4-11-26(24)33)28(35)23-12-13-27(36-2)30-19-23/h3-6,9-14,19H,7-8,15-18,20-21H2,1-2H3. The molecule has 0 unspecified atom stereocenters. The summed E-state index contributed by atoms with van der Waals surface area (Å²) in [6, 6.07) is 17.2. The number of carbonyl (C=O) groups is 2. The lowest BCUT2D eigenvalue weighted by Gasteiger charge is -2.31. The minimum Gasteiger partial charge on any atom is -0.481 e. The fourth-order valence-corrected chi connectivity index (χ4v) is 4.55. The van der Waals surface area contributed by atoms with Crippen molar-refractivity contribution < 1.29 is 14.3 Å². The topological polar surface area (TPSA) is 78.9 Å². The Morgan fingerprint density at radius 3 is 2.39 bits per heavy atom. The minimum atomic E-state index is -0.0948. The Hall–Kier alpha value is -3.78. The van der Waals surface area contributed by atoms with Crippen molar-refractivity contribution in [3.8, 4) is 5.88 Å². The van der Waals surface area contributed by atoms with Crippen molar-refractivity contribution in [1.82, 2.24) is 19.8 Å². The van der Waals surface area contributed by atoms with Crippen LogP contribution in [0.2, 0.25) is 0 Å². The van der Waals surface area contributed by atoms with Crippen molar-refractivity contribution in [3.63, 3.8) is 0 Å². The Bertz CT molecular complexity index is 1150. The van der Waals surface area contributed by atoms with Gasteiger partial charge in [-0.05, 0) is 42.7 Å². The molecule has 2 aromatic heterocycles. The van der Waals surface area contributed by atoms with Crippen LogP contribution in [-0.4, -0.2) is 64.9 Å². The zero-order valence-corrected chi connectivity index (χ0v) is 21.0. The van der Waals surface area contributed by atoms with E-state index in [9.17, 15) is 9.59 Å². The number of ether oxygens (including phenoxy) is 1. The van der Waals surface area contributed by atoms with Crippen molar-refractivity contribution in [2.75, 3.05) is 38.2 Å². The number of nitrogens with zero attached hydrogens (tertiary/aromatic N) is 5. The van der Waals surface area contributed by atoms with Gasteiger partial charge < -0.3 is 14.5 Å². The number of amides is 2. The third-order valence-corrected chi connectivity index (χ3v) is 6.37. The molecule has 1 aromatic carbocycles.